The van der Waals surface area contributed by atoms with Crippen LogP contribution in [0.25, 0.3) is 0 Å². The lowest BCUT2D eigenvalue weighted by molar-refractivity contribution is -0.157. The molecule has 0 radical (unpaired) electrons. The molecule has 1 saturated heterocycles. The molecule has 3 unspecified atom stereocenters. The maximum atomic E-state index is 11.7. The minimum atomic E-state index is -1.18. The lowest BCUT2D eigenvalue weighted by Crippen LogP contribution is -2.41. The van der Waals surface area contributed by atoms with Crippen LogP contribution < -0.4 is 0 Å². The van der Waals surface area contributed by atoms with Gasteiger partial charge in [-0.15, -0.1) is 0 Å². The first-order chi connectivity index (χ1) is 10.3. The monoisotopic (exact) mass is 310 g/mol. The van der Waals surface area contributed by atoms with Crippen molar-refractivity contribution in [3.63, 3.8) is 0 Å². The summed E-state index contributed by atoms with van der Waals surface area (Å²) in [5, 5.41) is 9.54. The van der Waals surface area contributed by atoms with Gasteiger partial charge in [0, 0.05) is 5.57 Å². The van der Waals surface area contributed by atoms with Gasteiger partial charge in [-0.05, 0) is 32.6 Å². The van der Waals surface area contributed by atoms with Crippen LogP contribution in [0.5, 0.6) is 0 Å². The number of carboxylic acids is 1. The molecule has 2 rings (SSSR count). The van der Waals surface area contributed by atoms with Gasteiger partial charge in [0.25, 0.3) is 0 Å². The van der Waals surface area contributed by atoms with Gasteiger partial charge in [-0.25, -0.2) is 4.79 Å². The predicted molar refractivity (Wildman–Crippen MR) is 72.4 cm³/mol. The van der Waals surface area contributed by atoms with Crippen molar-refractivity contribution in [3.8, 4) is 0 Å². The number of hydrogen-bond donors (Lipinski definition) is 1. The number of carbonyl (C=O) groups is 4. The Hall–Kier alpha value is -2.18. The number of esters is 3. The fourth-order valence-electron chi connectivity index (χ4n) is 3.07. The van der Waals surface area contributed by atoms with E-state index in [0.29, 0.717) is 0 Å². The number of carbonyl (C=O) groups excluding carboxylic acids is 3. The third kappa shape index (κ3) is 2.88. The molecule has 7 nitrogen and oxygen atoms in total. The molecule has 1 aliphatic carbocycles. The summed E-state index contributed by atoms with van der Waals surface area (Å²) < 4.78 is 9.54. The third-order valence-corrected chi connectivity index (χ3v) is 4.45. The summed E-state index contributed by atoms with van der Waals surface area (Å²) in [5.74, 6) is -4.11. The van der Waals surface area contributed by atoms with Crippen molar-refractivity contribution < 1.29 is 33.8 Å². The van der Waals surface area contributed by atoms with E-state index in [-0.39, 0.29) is 37.9 Å². The number of rotatable bonds is 5. The summed E-state index contributed by atoms with van der Waals surface area (Å²) in [6.45, 7) is 4.87. The van der Waals surface area contributed by atoms with Crippen LogP contribution >= 0.6 is 0 Å². The van der Waals surface area contributed by atoms with Crippen LogP contribution in [0, 0.1) is 17.3 Å². The summed E-state index contributed by atoms with van der Waals surface area (Å²) in [5.41, 5.74) is -0.946. The number of carboxylic acid groups (broad SMARTS) is 1. The highest BCUT2D eigenvalue weighted by atomic mass is 16.6. The van der Waals surface area contributed by atoms with E-state index in [1.807, 2.05) is 0 Å². The molecule has 0 aromatic heterocycles. The zero-order valence-electron chi connectivity index (χ0n) is 12.3. The van der Waals surface area contributed by atoms with Crippen LogP contribution in [0.15, 0.2) is 12.2 Å². The Morgan fingerprint density at radius 2 is 2.00 bits per heavy atom. The topological polar surface area (TPSA) is 107 Å². The summed E-state index contributed by atoms with van der Waals surface area (Å²) in [6, 6.07) is 0. The second kappa shape index (κ2) is 5.90. The van der Waals surface area contributed by atoms with Crippen molar-refractivity contribution in [2.45, 2.75) is 32.6 Å². The van der Waals surface area contributed by atoms with Crippen LogP contribution in [0.1, 0.15) is 32.6 Å². The van der Waals surface area contributed by atoms with E-state index < -0.39 is 41.1 Å². The molecule has 22 heavy (non-hydrogen) atoms. The van der Waals surface area contributed by atoms with E-state index in [1.54, 1.807) is 0 Å². The maximum absolute atomic E-state index is 11.7. The Morgan fingerprint density at radius 1 is 1.36 bits per heavy atom. The SMILES string of the molecule is C=C(C)C(=O)OCCC1(C(=O)O)CCC2C(=O)OC(=O)C2C1. The third-order valence-electron chi connectivity index (χ3n) is 4.45. The molecular formula is C15H18O7. The van der Waals surface area contributed by atoms with Gasteiger partial charge >= 0.3 is 23.9 Å². The van der Waals surface area contributed by atoms with E-state index in [9.17, 15) is 24.3 Å². The highest BCUT2D eigenvalue weighted by molar-refractivity contribution is 5.97. The first-order valence-corrected chi connectivity index (χ1v) is 7.08. The van der Waals surface area contributed by atoms with Gasteiger partial charge in [0.1, 0.15) is 0 Å². The average molecular weight is 310 g/mol. The molecular weight excluding hydrogens is 292 g/mol. The largest absolute Gasteiger partial charge is 0.481 e. The van der Waals surface area contributed by atoms with E-state index in [2.05, 4.69) is 11.3 Å². The van der Waals surface area contributed by atoms with Crippen molar-refractivity contribution in [2.24, 2.45) is 17.3 Å². The molecule has 1 heterocycles. The molecule has 0 aromatic rings. The molecule has 0 aromatic carbocycles. The first-order valence-electron chi connectivity index (χ1n) is 7.08. The maximum Gasteiger partial charge on any atom is 0.333 e. The highest BCUT2D eigenvalue weighted by Gasteiger charge is 2.55. The number of fused-ring (bicyclic) bond motifs is 1. The van der Waals surface area contributed by atoms with Crippen LogP contribution in [0.3, 0.4) is 0 Å². The quantitative estimate of drug-likeness (QED) is 0.459. The summed E-state index contributed by atoms with van der Waals surface area (Å²) >= 11 is 0. The van der Waals surface area contributed by atoms with Crippen molar-refractivity contribution in [1.29, 1.82) is 0 Å². The van der Waals surface area contributed by atoms with Crippen LogP contribution in [0.4, 0.5) is 0 Å². The van der Waals surface area contributed by atoms with Crippen LogP contribution in [-0.2, 0) is 28.7 Å². The van der Waals surface area contributed by atoms with Gasteiger partial charge in [0.15, 0.2) is 0 Å². The van der Waals surface area contributed by atoms with Crippen molar-refractivity contribution in [3.05, 3.63) is 12.2 Å². The molecule has 2 fully saturated rings. The molecule has 7 heteroatoms. The fourth-order valence-corrected chi connectivity index (χ4v) is 3.07. The molecule has 120 valence electrons. The summed E-state index contributed by atoms with van der Waals surface area (Å²) in [6.07, 6.45) is 0.653. The standard InChI is InChI=1S/C15H18O7/c1-8(2)11(16)21-6-5-15(14(19)20)4-3-9-10(7-15)13(18)22-12(9)17/h9-10H,1,3-7H2,2H3,(H,19,20). The Bertz CT molecular complexity index is 550. The van der Waals surface area contributed by atoms with Crippen molar-refractivity contribution >= 4 is 23.9 Å². The lowest BCUT2D eigenvalue weighted by Gasteiger charge is -2.36. The molecule has 0 bridgehead atoms. The minimum absolute atomic E-state index is 0.0300. The normalized spacial score (nSPS) is 30.4. The Labute approximate surface area is 127 Å². The zero-order chi connectivity index (χ0) is 16.5. The molecule has 0 spiro atoms. The van der Waals surface area contributed by atoms with E-state index in [4.69, 9.17) is 4.74 Å². The van der Waals surface area contributed by atoms with E-state index in [1.165, 1.54) is 6.92 Å². The molecule has 0 amide bonds. The van der Waals surface area contributed by atoms with Gasteiger partial charge in [-0.1, -0.05) is 6.58 Å². The van der Waals surface area contributed by atoms with Crippen molar-refractivity contribution in [2.75, 3.05) is 6.61 Å². The Balaban J connectivity index is 2.05. The van der Waals surface area contributed by atoms with Gasteiger partial charge < -0.3 is 14.6 Å². The van der Waals surface area contributed by atoms with E-state index in [0.717, 1.165) is 0 Å². The van der Waals surface area contributed by atoms with E-state index >= 15 is 0 Å². The predicted octanol–water partition coefficient (Wildman–Crippen LogP) is 1.07. The fraction of sp³-hybridized carbons (Fsp3) is 0.600. The van der Waals surface area contributed by atoms with Gasteiger partial charge in [0.05, 0.1) is 23.9 Å². The van der Waals surface area contributed by atoms with Gasteiger partial charge in [-0.3, -0.25) is 14.4 Å². The first kappa shape index (κ1) is 16.2. The molecule has 2 aliphatic rings. The number of hydrogen-bond acceptors (Lipinski definition) is 6. The Kier molecular flexibility index (Phi) is 4.35. The molecule has 1 saturated carbocycles. The van der Waals surface area contributed by atoms with Crippen LogP contribution in [0.2, 0.25) is 0 Å². The summed E-state index contributed by atoms with van der Waals surface area (Å²) in [4.78, 5) is 46.2. The number of ether oxygens (including phenoxy) is 2. The van der Waals surface area contributed by atoms with Crippen LogP contribution in [-0.4, -0.2) is 35.6 Å². The highest BCUT2D eigenvalue weighted by Crippen LogP contribution is 2.48. The minimum Gasteiger partial charge on any atom is -0.481 e. The number of cyclic esters (lactones) is 2. The molecule has 3 atom stereocenters. The smallest absolute Gasteiger partial charge is 0.333 e. The second-order valence-electron chi connectivity index (χ2n) is 5.95. The summed E-state index contributed by atoms with van der Waals surface area (Å²) in [7, 11) is 0. The molecule has 1 aliphatic heterocycles. The second-order valence-corrected chi connectivity index (χ2v) is 5.95. The molecule has 1 N–H and O–H groups in total. The van der Waals surface area contributed by atoms with Gasteiger partial charge in [0.2, 0.25) is 0 Å². The zero-order valence-corrected chi connectivity index (χ0v) is 12.3. The van der Waals surface area contributed by atoms with Gasteiger partial charge in [-0.2, -0.15) is 0 Å². The lowest BCUT2D eigenvalue weighted by atomic mass is 9.64. The average Bonchev–Trinajstić information content (AvgIpc) is 2.73. The van der Waals surface area contributed by atoms with Crippen molar-refractivity contribution in [1.82, 2.24) is 0 Å². The Morgan fingerprint density at radius 3 is 2.59 bits per heavy atom. The number of aliphatic carboxylic acids is 1.